The Kier molecular flexibility index (Phi) is 4.94. The average Bonchev–Trinajstić information content (AvgIpc) is 3.01. The summed E-state index contributed by atoms with van der Waals surface area (Å²) < 4.78 is 26.9. The highest BCUT2D eigenvalue weighted by molar-refractivity contribution is 7.89. The number of piperidine rings is 1. The van der Waals surface area contributed by atoms with Gasteiger partial charge in [0.1, 0.15) is 0 Å². The van der Waals surface area contributed by atoms with Gasteiger partial charge in [0.15, 0.2) is 0 Å². The lowest BCUT2D eigenvalue weighted by molar-refractivity contribution is 0.0790. The second kappa shape index (κ2) is 6.82. The number of nitrogens with two attached hydrogens (primary N) is 1. The normalized spacial score (nSPS) is 23.6. The van der Waals surface area contributed by atoms with Crippen molar-refractivity contribution in [1.29, 1.82) is 0 Å². The number of benzene rings is 1. The lowest BCUT2D eigenvalue weighted by atomic mass is 10.0. The van der Waals surface area contributed by atoms with Crippen LogP contribution in [0.4, 0.5) is 0 Å². The van der Waals surface area contributed by atoms with Crippen LogP contribution in [-0.2, 0) is 10.0 Å². The van der Waals surface area contributed by atoms with Crippen molar-refractivity contribution in [2.24, 2.45) is 11.7 Å². The largest absolute Gasteiger partial charge is 0.337 e. The summed E-state index contributed by atoms with van der Waals surface area (Å²) in [6.45, 7) is 4.50. The van der Waals surface area contributed by atoms with Crippen molar-refractivity contribution in [2.45, 2.75) is 37.1 Å². The molecule has 0 unspecified atom stereocenters. The van der Waals surface area contributed by atoms with Crippen LogP contribution in [0.15, 0.2) is 29.2 Å². The van der Waals surface area contributed by atoms with Gasteiger partial charge in [-0.25, -0.2) is 8.42 Å². The zero-order chi connectivity index (χ0) is 17.3. The van der Waals surface area contributed by atoms with E-state index in [9.17, 15) is 13.2 Å². The number of carbonyl (C=O) groups excluding carboxylic acids is 1. The Morgan fingerprint density at radius 1 is 1.08 bits per heavy atom. The summed E-state index contributed by atoms with van der Waals surface area (Å²) in [4.78, 5) is 14.4. The van der Waals surface area contributed by atoms with Gasteiger partial charge in [0.2, 0.25) is 10.0 Å². The number of carbonyl (C=O) groups is 1. The van der Waals surface area contributed by atoms with Gasteiger partial charge in [-0.15, -0.1) is 0 Å². The molecule has 2 saturated heterocycles. The minimum absolute atomic E-state index is 0.0371. The first-order chi connectivity index (χ1) is 11.4. The Morgan fingerprint density at radius 2 is 1.71 bits per heavy atom. The quantitative estimate of drug-likeness (QED) is 0.889. The Labute approximate surface area is 143 Å². The van der Waals surface area contributed by atoms with Gasteiger partial charge in [-0.1, -0.05) is 6.92 Å². The molecule has 3 rings (SSSR count). The van der Waals surface area contributed by atoms with Crippen molar-refractivity contribution in [3.8, 4) is 0 Å². The fraction of sp³-hybridized carbons (Fsp3) is 0.588. The molecule has 0 bridgehead atoms. The molecule has 0 aromatic heterocycles. The second-order valence-corrected chi connectivity index (χ2v) is 8.85. The maximum atomic E-state index is 12.7. The van der Waals surface area contributed by atoms with Crippen LogP contribution in [0.1, 0.15) is 36.5 Å². The first-order valence-corrected chi connectivity index (χ1v) is 9.97. The number of hydrogen-bond acceptors (Lipinski definition) is 4. The molecule has 132 valence electrons. The van der Waals surface area contributed by atoms with Crippen molar-refractivity contribution >= 4 is 15.9 Å². The van der Waals surface area contributed by atoms with E-state index in [0.717, 1.165) is 19.3 Å². The van der Waals surface area contributed by atoms with Crippen LogP contribution >= 0.6 is 0 Å². The predicted octanol–water partition coefficient (Wildman–Crippen LogP) is 1.28. The lowest BCUT2D eigenvalue weighted by Gasteiger charge is -2.29. The SMILES string of the molecule is CC1CCN(S(=O)(=O)c2ccc(C(=O)N3CC[C@@H](N)C3)cc2)CC1. The molecule has 24 heavy (non-hydrogen) atoms. The highest BCUT2D eigenvalue weighted by atomic mass is 32.2. The van der Waals surface area contributed by atoms with E-state index in [1.165, 1.54) is 12.1 Å². The molecule has 0 saturated carbocycles. The van der Waals surface area contributed by atoms with Crippen LogP contribution in [0.2, 0.25) is 0 Å². The minimum atomic E-state index is -3.47. The highest BCUT2D eigenvalue weighted by Crippen LogP contribution is 2.24. The van der Waals surface area contributed by atoms with E-state index in [-0.39, 0.29) is 16.8 Å². The summed E-state index contributed by atoms with van der Waals surface area (Å²) in [6.07, 6.45) is 2.60. The third-order valence-electron chi connectivity index (χ3n) is 4.99. The van der Waals surface area contributed by atoms with Gasteiger partial charge in [-0.3, -0.25) is 4.79 Å². The fourth-order valence-electron chi connectivity index (χ4n) is 3.30. The van der Waals surface area contributed by atoms with Gasteiger partial charge in [0.25, 0.3) is 5.91 Å². The predicted molar refractivity (Wildman–Crippen MR) is 92.1 cm³/mol. The van der Waals surface area contributed by atoms with E-state index in [4.69, 9.17) is 5.73 Å². The van der Waals surface area contributed by atoms with Crippen LogP contribution < -0.4 is 5.73 Å². The van der Waals surface area contributed by atoms with Gasteiger partial charge < -0.3 is 10.6 Å². The van der Waals surface area contributed by atoms with E-state index in [1.807, 2.05) is 0 Å². The molecular weight excluding hydrogens is 326 g/mol. The Morgan fingerprint density at radius 3 is 2.25 bits per heavy atom. The van der Waals surface area contributed by atoms with E-state index >= 15 is 0 Å². The van der Waals surface area contributed by atoms with E-state index in [1.54, 1.807) is 21.3 Å². The van der Waals surface area contributed by atoms with Crippen molar-refractivity contribution in [2.75, 3.05) is 26.2 Å². The zero-order valence-corrected chi connectivity index (χ0v) is 14.8. The van der Waals surface area contributed by atoms with Crippen molar-refractivity contribution in [3.63, 3.8) is 0 Å². The molecule has 2 fully saturated rings. The fourth-order valence-corrected chi connectivity index (χ4v) is 4.77. The van der Waals surface area contributed by atoms with Crippen LogP contribution in [0.3, 0.4) is 0 Å². The first kappa shape index (κ1) is 17.4. The summed E-state index contributed by atoms with van der Waals surface area (Å²) in [5.74, 6) is 0.488. The van der Waals surface area contributed by atoms with Crippen molar-refractivity contribution in [1.82, 2.24) is 9.21 Å². The molecular formula is C17H25N3O3S. The molecule has 2 aliphatic heterocycles. The smallest absolute Gasteiger partial charge is 0.253 e. The lowest BCUT2D eigenvalue weighted by Crippen LogP contribution is -2.37. The zero-order valence-electron chi connectivity index (χ0n) is 14.0. The molecule has 6 nitrogen and oxygen atoms in total. The van der Waals surface area contributed by atoms with E-state index in [2.05, 4.69) is 6.92 Å². The monoisotopic (exact) mass is 351 g/mol. The Balaban J connectivity index is 1.73. The summed E-state index contributed by atoms with van der Waals surface area (Å²) in [6, 6.07) is 6.32. The molecule has 0 radical (unpaired) electrons. The average molecular weight is 351 g/mol. The van der Waals surface area contributed by atoms with Crippen molar-refractivity contribution in [3.05, 3.63) is 29.8 Å². The number of sulfonamides is 1. The molecule has 0 spiro atoms. The van der Waals surface area contributed by atoms with Gasteiger partial charge in [-0.05, 0) is 49.4 Å². The molecule has 1 amide bonds. The number of likely N-dealkylation sites (tertiary alicyclic amines) is 1. The van der Waals surface area contributed by atoms with Crippen molar-refractivity contribution < 1.29 is 13.2 Å². The van der Waals surface area contributed by atoms with Gasteiger partial charge >= 0.3 is 0 Å². The van der Waals surface area contributed by atoms with Crippen LogP contribution in [0.5, 0.6) is 0 Å². The summed E-state index contributed by atoms with van der Waals surface area (Å²) in [5, 5.41) is 0. The van der Waals surface area contributed by atoms with Gasteiger partial charge in [0, 0.05) is 37.8 Å². The summed E-state index contributed by atoms with van der Waals surface area (Å²) in [5.41, 5.74) is 6.35. The topological polar surface area (TPSA) is 83.7 Å². The van der Waals surface area contributed by atoms with Crippen LogP contribution in [-0.4, -0.2) is 55.8 Å². The Bertz CT molecular complexity index is 694. The highest BCUT2D eigenvalue weighted by Gasteiger charge is 2.29. The summed E-state index contributed by atoms with van der Waals surface area (Å²) in [7, 11) is -3.47. The van der Waals surface area contributed by atoms with E-state index < -0.39 is 10.0 Å². The Hall–Kier alpha value is -1.44. The molecule has 2 N–H and O–H groups in total. The number of rotatable bonds is 3. The van der Waals surface area contributed by atoms with Crippen LogP contribution in [0, 0.1) is 5.92 Å². The minimum Gasteiger partial charge on any atom is -0.337 e. The molecule has 1 aromatic carbocycles. The first-order valence-electron chi connectivity index (χ1n) is 8.53. The van der Waals surface area contributed by atoms with Crippen LogP contribution in [0.25, 0.3) is 0 Å². The molecule has 7 heteroatoms. The summed E-state index contributed by atoms with van der Waals surface area (Å²) >= 11 is 0. The molecule has 1 aromatic rings. The van der Waals surface area contributed by atoms with E-state index in [0.29, 0.717) is 37.7 Å². The third kappa shape index (κ3) is 3.48. The number of nitrogens with zero attached hydrogens (tertiary/aromatic N) is 2. The molecule has 0 aliphatic carbocycles. The second-order valence-electron chi connectivity index (χ2n) is 6.91. The maximum absolute atomic E-state index is 12.7. The van der Waals surface area contributed by atoms with Gasteiger partial charge in [-0.2, -0.15) is 4.31 Å². The standard InChI is InChI=1S/C17H25N3O3S/c1-13-6-10-20(11-7-13)24(22,23)16-4-2-14(3-5-16)17(21)19-9-8-15(18)12-19/h2-5,13,15H,6-12,18H2,1H3/t15-/m1/s1. The maximum Gasteiger partial charge on any atom is 0.253 e. The third-order valence-corrected chi connectivity index (χ3v) is 6.91. The number of amides is 1. The number of hydrogen-bond donors (Lipinski definition) is 1. The molecule has 2 heterocycles. The van der Waals surface area contributed by atoms with Gasteiger partial charge in [0.05, 0.1) is 4.90 Å². The molecule has 2 aliphatic rings. The molecule has 1 atom stereocenters.